The Hall–Kier alpha value is -3.15. The van der Waals surface area contributed by atoms with E-state index in [-0.39, 0.29) is 12.1 Å². The maximum atomic E-state index is 13.2. The van der Waals surface area contributed by atoms with Crippen LogP contribution in [0.4, 0.5) is 16.2 Å². The Kier molecular flexibility index (Phi) is 5.78. The van der Waals surface area contributed by atoms with Crippen molar-refractivity contribution in [3.63, 3.8) is 0 Å². The van der Waals surface area contributed by atoms with Crippen molar-refractivity contribution < 1.29 is 14.4 Å². The number of hydrogen-bond donors (Lipinski definition) is 1. The number of carbonyl (C=O) groups excluding carboxylic acids is 3. The van der Waals surface area contributed by atoms with Crippen molar-refractivity contribution >= 4 is 29.2 Å². The first-order valence-electron chi connectivity index (χ1n) is 9.53. The zero-order chi connectivity index (χ0) is 20.3. The Bertz CT molecular complexity index is 854. The van der Waals surface area contributed by atoms with E-state index in [9.17, 15) is 14.4 Å². The van der Waals surface area contributed by atoms with Crippen molar-refractivity contribution in [2.75, 3.05) is 10.2 Å². The van der Waals surface area contributed by atoms with Crippen molar-refractivity contribution in [1.82, 2.24) is 4.90 Å². The lowest BCUT2D eigenvalue weighted by Gasteiger charge is -2.44. The smallest absolute Gasteiger partial charge is 0.325 e. The van der Waals surface area contributed by atoms with E-state index in [1.165, 1.54) is 4.90 Å². The van der Waals surface area contributed by atoms with Gasteiger partial charge in [0.25, 0.3) is 0 Å². The lowest BCUT2D eigenvalue weighted by atomic mass is 9.92. The van der Waals surface area contributed by atoms with Gasteiger partial charge in [-0.15, -0.1) is 0 Å². The summed E-state index contributed by atoms with van der Waals surface area (Å²) in [7, 11) is 0. The molecular formula is C22H25N3O3. The zero-order valence-electron chi connectivity index (χ0n) is 16.3. The standard InChI is InChI=1S/C22H25N3O3/c1-4-15(2)24-21(27)19(20(26)23-17-11-7-5-8-12-17)16(3)25(22(24)28)18-13-9-6-10-14-18/h5-16,19H,4H2,1-3H3,(H,23,26)/t15-,16+,19+/m0/s1. The van der Waals surface area contributed by atoms with E-state index in [1.54, 1.807) is 24.0 Å². The first-order chi connectivity index (χ1) is 13.5. The second-order valence-corrected chi connectivity index (χ2v) is 7.03. The van der Waals surface area contributed by atoms with Crippen LogP contribution in [0.15, 0.2) is 60.7 Å². The molecule has 6 nitrogen and oxygen atoms in total. The molecule has 0 saturated carbocycles. The van der Waals surface area contributed by atoms with Crippen LogP contribution in [0.1, 0.15) is 27.2 Å². The molecule has 0 aromatic heterocycles. The van der Waals surface area contributed by atoms with E-state index < -0.39 is 23.8 Å². The lowest BCUT2D eigenvalue weighted by molar-refractivity contribution is -0.141. The molecule has 2 aromatic rings. The topological polar surface area (TPSA) is 69.7 Å². The number of benzene rings is 2. The van der Waals surface area contributed by atoms with Crippen molar-refractivity contribution in [3.05, 3.63) is 60.7 Å². The molecule has 2 aromatic carbocycles. The molecule has 1 N–H and O–H groups in total. The Morgan fingerprint density at radius 1 is 1.04 bits per heavy atom. The summed E-state index contributed by atoms with van der Waals surface area (Å²) in [4.78, 5) is 42.1. The van der Waals surface area contributed by atoms with E-state index in [0.717, 1.165) is 0 Å². The number of para-hydroxylation sites is 2. The monoisotopic (exact) mass is 379 g/mol. The number of imide groups is 1. The molecule has 4 amide bonds. The third-order valence-corrected chi connectivity index (χ3v) is 5.20. The Balaban J connectivity index is 1.98. The number of nitrogens with zero attached hydrogens (tertiary/aromatic N) is 2. The largest absolute Gasteiger partial charge is 0.331 e. The second kappa shape index (κ2) is 8.25. The van der Waals surface area contributed by atoms with Gasteiger partial charge in [-0.05, 0) is 44.5 Å². The fraction of sp³-hybridized carbons (Fsp3) is 0.318. The van der Waals surface area contributed by atoms with Gasteiger partial charge in [0.1, 0.15) is 5.92 Å². The van der Waals surface area contributed by atoms with Gasteiger partial charge in [0, 0.05) is 17.4 Å². The van der Waals surface area contributed by atoms with Gasteiger partial charge in [-0.25, -0.2) is 4.79 Å². The number of nitrogens with one attached hydrogen (secondary N) is 1. The Labute approximate surface area is 165 Å². The maximum Gasteiger partial charge on any atom is 0.331 e. The van der Waals surface area contributed by atoms with E-state index in [4.69, 9.17) is 0 Å². The summed E-state index contributed by atoms with van der Waals surface area (Å²) in [6.07, 6.45) is 0.613. The normalized spacial score (nSPS) is 20.8. The number of rotatable bonds is 5. The average molecular weight is 379 g/mol. The molecule has 6 heteroatoms. The summed E-state index contributed by atoms with van der Waals surface area (Å²) < 4.78 is 0. The van der Waals surface area contributed by atoms with E-state index in [2.05, 4.69) is 5.32 Å². The van der Waals surface area contributed by atoms with Crippen LogP contribution in [0, 0.1) is 5.92 Å². The fourth-order valence-corrected chi connectivity index (χ4v) is 3.48. The van der Waals surface area contributed by atoms with Gasteiger partial charge in [0.2, 0.25) is 11.8 Å². The predicted octanol–water partition coefficient (Wildman–Crippen LogP) is 3.90. The van der Waals surface area contributed by atoms with Gasteiger partial charge in [-0.1, -0.05) is 43.3 Å². The van der Waals surface area contributed by atoms with Gasteiger partial charge in [-0.2, -0.15) is 0 Å². The molecule has 0 spiro atoms. The van der Waals surface area contributed by atoms with Crippen molar-refractivity contribution in [2.24, 2.45) is 5.92 Å². The molecule has 1 heterocycles. The minimum atomic E-state index is -0.993. The molecule has 0 aliphatic carbocycles. The van der Waals surface area contributed by atoms with Crippen molar-refractivity contribution in [2.45, 2.75) is 39.3 Å². The van der Waals surface area contributed by atoms with Gasteiger partial charge < -0.3 is 5.32 Å². The molecule has 1 aliphatic heterocycles. The summed E-state index contributed by atoms with van der Waals surface area (Å²) in [5.74, 6) is -1.86. The third kappa shape index (κ3) is 3.63. The summed E-state index contributed by atoms with van der Waals surface area (Å²) in [5.41, 5.74) is 1.28. The van der Waals surface area contributed by atoms with Crippen LogP contribution < -0.4 is 10.2 Å². The van der Waals surface area contributed by atoms with E-state index >= 15 is 0 Å². The van der Waals surface area contributed by atoms with Crippen molar-refractivity contribution in [3.8, 4) is 0 Å². The molecule has 0 radical (unpaired) electrons. The van der Waals surface area contributed by atoms with Gasteiger partial charge in [-0.3, -0.25) is 19.4 Å². The van der Waals surface area contributed by atoms with Gasteiger partial charge >= 0.3 is 6.03 Å². The highest BCUT2D eigenvalue weighted by atomic mass is 16.2. The highest BCUT2D eigenvalue weighted by Crippen LogP contribution is 2.31. The lowest BCUT2D eigenvalue weighted by Crippen LogP contribution is -2.65. The van der Waals surface area contributed by atoms with Crippen LogP contribution in [-0.4, -0.2) is 34.8 Å². The maximum absolute atomic E-state index is 13.2. The minimum absolute atomic E-state index is 0.300. The van der Waals surface area contributed by atoms with Gasteiger partial charge in [0.05, 0.1) is 6.04 Å². The molecule has 28 heavy (non-hydrogen) atoms. The number of carbonyl (C=O) groups is 3. The highest BCUT2D eigenvalue weighted by Gasteiger charge is 2.49. The summed E-state index contributed by atoms with van der Waals surface area (Å²) >= 11 is 0. The molecule has 1 fully saturated rings. The molecule has 3 rings (SSSR count). The molecule has 1 saturated heterocycles. The summed E-state index contributed by atoms with van der Waals surface area (Å²) in [6.45, 7) is 5.47. The van der Waals surface area contributed by atoms with E-state index in [0.29, 0.717) is 17.8 Å². The first-order valence-corrected chi connectivity index (χ1v) is 9.53. The number of hydrogen-bond acceptors (Lipinski definition) is 3. The number of amides is 4. The van der Waals surface area contributed by atoms with E-state index in [1.807, 2.05) is 62.4 Å². The first kappa shape index (κ1) is 19.6. The van der Waals surface area contributed by atoms with Crippen LogP contribution in [-0.2, 0) is 9.59 Å². The summed E-state index contributed by atoms with van der Waals surface area (Å²) in [5, 5.41) is 2.81. The van der Waals surface area contributed by atoms with Crippen LogP contribution in [0.25, 0.3) is 0 Å². The Morgan fingerprint density at radius 2 is 1.61 bits per heavy atom. The molecule has 1 aliphatic rings. The molecule has 146 valence electrons. The average Bonchev–Trinajstić information content (AvgIpc) is 2.69. The number of urea groups is 1. The molecule has 3 atom stereocenters. The zero-order valence-corrected chi connectivity index (χ0v) is 16.3. The molecular weight excluding hydrogens is 354 g/mol. The van der Waals surface area contributed by atoms with Crippen LogP contribution in [0.5, 0.6) is 0 Å². The van der Waals surface area contributed by atoms with Crippen molar-refractivity contribution in [1.29, 1.82) is 0 Å². The van der Waals surface area contributed by atoms with Crippen LogP contribution in [0.2, 0.25) is 0 Å². The van der Waals surface area contributed by atoms with Crippen LogP contribution >= 0.6 is 0 Å². The SMILES string of the molecule is CC[C@H](C)N1C(=O)[C@@H](C(=O)Nc2ccccc2)[C@@H](C)N(c2ccccc2)C1=O. The quantitative estimate of drug-likeness (QED) is 0.801. The number of anilines is 2. The third-order valence-electron chi connectivity index (χ3n) is 5.20. The molecule has 0 bridgehead atoms. The summed E-state index contributed by atoms with van der Waals surface area (Å²) in [6, 6.07) is 16.9. The predicted molar refractivity (Wildman–Crippen MR) is 109 cm³/mol. The molecule has 0 unspecified atom stereocenters. The second-order valence-electron chi connectivity index (χ2n) is 7.03. The minimum Gasteiger partial charge on any atom is -0.325 e. The Morgan fingerprint density at radius 3 is 2.18 bits per heavy atom. The van der Waals surface area contributed by atoms with Gasteiger partial charge in [0.15, 0.2) is 0 Å². The fourth-order valence-electron chi connectivity index (χ4n) is 3.48. The van der Waals surface area contributed by atoms with Crippen LogP contribution in [0.3, 0.4) is 0 Å². The highest BCUT2D eigenvalue weighted by molar-refractivity contribution is 6.16.